The fourth-order valence-corrected chi connectivity index (χ4v) is 14.7. The van der Waals surface area contributed by atoms with Crippen molar-refractivity contribution in [3.8, 4) is 0 Å². The number of aliphatic hydroxyl groups excluding tert-OH is 1. The molecule has 0 saturated carbocycles. The van der Waals surface area contributed by atoms with Gasteiger partial charge in [-0.15, -0.1) is 0 Å². The SMILES string of the molecule is CCCCCCCCCCCCCCCCCCCCC(=O)OC[C@H](COP(=O)(O)OC[C@@H](O)COP(=O)(O)OC[C@@H](COC(=O)CCCCCCCCCCC(C)CC)OC(=O)CCCCCCCCCCCCCCC(C)C)OC(=O)CCCCCCCCCCCCCCCCCCC(C)C. The van der Waals surface area contributed by atoms with Crippen LogP contribution in [-0.2, 0) is 65.4 Å². The van der Waals surface area contributed by atoms with Gasteiger partial charge in [0.05, 0.1) is 26.4 Å². The molecule has 0 radical (unpaired) electrons. The Balaban J connectivity index is 5.26. The minimum atomic E-state index is -4.97. The molecule has 618 valence electrons. The highest BCUT2D eigenvalue weighted by atomic mass is 31.2. The van der Waals surface area contributed by atoms with Crippen LogP contribution in [0.4, 0.5) is 0 Å². The Morgan fingerprint density at radius 2 is 0.490 bits per heavy atom. The van der Waals surface area contributed by atoms with Gasteiger partial charge >= 0.3 is 39.5 Å². The molecule has 0 aliphatic rings. The van der Waals surface area contributed by atoms with Crippen molar-refractivity contribution in [1.82, 2.24) is 0 Å². The number of hydrogen-bond donors (Lipinski definition) is 3. The summed E-state index contributed by atoms with van der Waals surface area (Å²) in [5, 5.41) is 10.7. The first-order valence-electron chi connectivity index (χ1n) is 43.9. The molecule has 0 heterocycles. The first-order valence-corrected chi connectivity index (χ1v) is 46.9. The van der Waals surface area contributed by atoms with E-state index in [9.17, 15) is 43.2 Å². The fourth-order valence-electron chi connectivity index (χ4n) is 13.2. The molecule has 3 unspecified atom stereocenters. The third-order valence-electron chi connectivity index (χ3n) is 20.2. The van der Waals surface area contributed by atoms with Crippen molar-refractivity contribution in [2.24, 2.45) is 17.8 Å². The van der Waals surface area contributed by atoms with E-state index >= 15 is 0 Å². The van der Waals surface area contributed by atoms with Gasteiger partial charge in [0.2, 0.25) is 0 Å². The molecule has 0 aromatic heterocycles. The molecule has 0 amide bonds. The molecule has 0 bridgehead atoms. The number of phosphoric acid groups is 2. The predicted molar refractivity (Wildman–Crippen MR) is 428 cm³/mol. The van der Waals surface area contributed by atoms with E-state index < -0.39 is 97.5 Å². The van der Waals surface area contributed by atoms with Gasteiger partial charge in [0, 0.05) is 25.7 Å². The lowest BCUT2D eigenvalue weighted by Gasteiger charge is -2.21. The lowest BCUT2D eigenvalue weighted by atomic mass is 9.99. The van der Waals surface area contributed by atoms with Crippen LogP contribution in [0, 0.1) is 17.8 Å². The normalized spacial score (nSPS) is 14.2. The molecule has 0 aromatic rings. The summed E-state index contributed by atoms with van der Waals surface area (Å²) in [4.78, 5) is 73.2. The predicted octanol–water partition coefficient (Wildman–Crippen LogP) is 25.7. The smallest absolute Gasteiger partial charge is 0.462 e. The van der Waals surface area contributed by atoms with Crippen LogP contribution in [0.3, 0.4) is 0 Å². The maximum Gasteiger partial charge on any atom is 0.472 e. The van der Waals surface area contributed by atoms with Gasteiger partial charge in [-0.05, 0) is 43.4 Å². The zero-order valence-corrected chi connectivity index (χ0v) is 70.3. The summed E-state index contributed by atoms with van der Waals surface area (Å²) in [6, 6.07) is 0. The topological polar surface area (TPSA) is 237 Å². The number of unbranched alkanes of at least 4 members (excludes halogenated alkanes) is 50. The number of hydrogen-bond acceptors (Lipinski definition) is 15. The summed E-state index contributed by atoms with van der Waals surface area (Å²) in [5.41, 5.74) is 0. The lowest BCUT2D eigenvalue weighted by molar-refractivity contribution is -0.161. The highest BCUT2D eigenvalue weighted by molar-refractivity contribution is 7.47. The molecule has 17 nitrogen and oxygen atoms in total. The second kappa shape index (κ2) is 75.1. The third kappa shape index (κ3) is 76.8. The number of aliphatic hydroxyl groups is 1. The highest BCUT2D eigenvalue weighted by Crippen LogP contribution is 2.45. The molecule has 0 spiro atoms. The molecule has 0 rings (SSSR count). The summed E-state index contributed by atoms with van der Waals surface area (Å²) >= 11 is 0. The van der Waals surface area contributed by atoms with Gasteiger partial charge in [0.1, 0.15) is 19.3 Å². The van der Waals surface area contributed by atoms with Crippen LogP contribution < -0.4 is 0 Å². The van der Waals surface area contributed by atoms with E-state index in [-0.39, 0.29) is 25.7 Å². The minimum absolute atomic E-state index is 0.107. The summed E-state index contributed by atoms with van der Waals surface area (Å²) in [7, 11) is -9.93. The van der Waals surface area contributed by atoms with Crippen LogP contribution in [0.15, 0.2) is 0 Å². The minimum Gasteiger partial charge on any atom is -0.462 e. The molecule has 0 aliphatic heterocycles. The van der Waals surface area contributed by atoms with E-state index in [0.717, 1.165) is 108 Å². The highest BCUT2D eigenvalue weighted by Gasteiger charge is 2.30. The zero-order chi connectivity index (χ0) is 76.5. The van der Waals surface area contributed by atoms with Crippen molar-refractivity contribution >= 4 is 39.5 Å². The van der Waals surface area contributed by atoms with E-state index in [1.165, 1.54) is 257 Å². The lowest BCUT2D eigenvalue weighted by Crippen LogP contribution is -2.30. The van der Waals surface area contributed by atoms with E-state index in [2.05, 4.69) is 48.5 Å². The molecule has 0 fully saturated rings. The summed E-state index contributed by atoms with van der Waals surface area (Å²) in [6.45, 7) is 12.0. The van der Waals surface area contributed by atoms with Gasteiger partial charge in [-0.1, -0.05) is 395 Å². The van der Waals surface area contributed by atoms with Crippen molar-refractivity contribution in [3.63, 3.8) is 0 Å². The Kier molecular flexibility index (Phi) is 73.7. The third-order valence-corrected chi connectivity index (χ3v) is 22.1. The average molecular weight is 1520 g/mol. The Morgan fingerprint density at radius 1 is 0.279 bits per heavy atom. The number of phosphoric ester groups is 2. The molecule has 19 heteroatoms. The van der Waals surface area contributed by atoms with Gasteiger partial charge in [-0.25, -0.2) is 9.13 Å². The van der Waals surface area contributed by atoms with Crippen LogP contribution in [0.5, 0.6) is 0 Å². The van der Waals surface area contributed by atoms with Crippen LogP contribution in [0.2, 0.25) is 0 Å². The van der Waals surface area contributed by atoms with E-state index in [0.29, 0.717) is 25.7 Å². The molecule has 6 atom stereocenters. The van der Waals surface area contributed by atoms with Gasteiger partial charge in [0.15, 0.2) is 12.2 Å². The molecule has 0 saturated heterocycles. The largest absolute Gasteiger partial charge is 0.472 e. The maximum absolute atomic E-state index is 13.1. The van der Waals surface area contributed by atoms with Crippen molar-refractivity contribution in [2.75, 3.05) is 39.6 Å². The van der Waals surface area contributed by atoms with E-state index in [1.54, 1.807) is 0 Å². The van der Waals surface area contributed by atoms with Crippen LogP contribution in [0.1, 0.15) is 447 Å². The van der Waals surface area contributed by atoms with Gasteiger partial charge in [-0.3, -0.25) is 37.3 Å². The number of esters is 4. The van der Waals surface area contributed by atoms with Crippen LogP contribution in [-0.4, -0.2) is 96.7 Å². The quantitative estimate of drug-likeness (QED) is 0.0222. The Labute approximate surface area is 638 Å². The van der Waals surface area contributed by atoms with Crippen LogP contribution in [0.25, 0.3) is 0 Å². The average Bonchev–Trinajstić information content (AvgIpc) is 0.912. The van der Waals surface area contributed by atoms with Crippen molar-refractivity contribution in [1.29, 1.82) is 0 Å². The first kappa shape index (κ1) is 102. The van der Waals surface area contributed by atoms with Crippen molar-refractivity contribution < 1.29 is 80.2 Å². The number of ether oxygens (including phenoxy) is 4. The van der Waals surface area contributed by atoms with Gasteiger partial charge in [0.25, 0.3) is 0 Å². The Hall–Kier alpha value is -1.94. The van der Waals surface area contributed by atoms with Gasteiger partial charge < -0.3 is 33.8 Å². The number of rotatable bonds is 83. The first-order chi connectivity index (χ1) is 50.3. The van der Waals surface area contributed by atoms with Gasteiger partial charge in [-0.2, -0.15) is 0 Å². The molecule has 0 aliphatic carbocycles. The van der Waals surface area contributed by atoms with Crippen molar-refractivity contribution in [2.45, 2.75) is 465 Å². The molecule has 104 heavy (non-hydrogen) atoms. The summed E-state index contributed by atoms with van der Waals surface area (Å²) in [6.07, 6.45) is 65.1. The molecular weight excluding hydrogens is 1350 g/mol. The van der Waals surface area contributed by atoms with Crippen molar-refractivity contribution in [3.05, 3.63) is 0 Å². The number of carbonyl (C=O) groups excluding carboxylic acids is 4. The molecular formula is C85H166O17P2. The Morgan fingerprint density at radius 3 is 0.731 bits per heavy atom. The van der Waals surface area contributed by atoms with Crippen LogP contribution >= 0.6 is 15.6 Å². The molecule has 0 aromatic carbocycles. The Bertz CT molecular complexity index is 2010. The fraction of sp³-hybridized carbons (Fsp3) is 0.953. The second-order valence-electron chi connectivity index (χ2n) is 31.8. The monoisotopic (exact) mass is 1520 g/mol. The maximum atomic E-state index is 13.1. The number of carbonyl (C=O) groups is 4. The van der Waals surface area contributed by atoms with E-state index in [4.69, 9.17) is 37.0 Å². The zero-order valence-electron chi connectivity index (χ0n) is 68.5. The standard InChI is InChI=1S/C85H166O17P2/c1-8-10-11-12-13-14-15-16-17-18-19-23-26-32-37-45-52-59-66-82(87)95-72-80(101-84(89)68-61-54-47-38-33-27-24-21-20-22-25-30-35-42-49-56-63-76(3)4)74-99-103(91,92)97-70-79(86)71-98-104(93,94)100-75-81(73-96-83(88)67-60-53-46-41-40-44-51-58-65-78(7)9-2)102-85(90)69-62-55-48-39-34-29-28-31-36-43-50-57-64-77(5)6/h76-81,86H,8-75H2,1-7H3,(H,91,92)(H,93,94)/t78?,79-,80-,81-/m1/s1. The summed E-state index contributed by atoms with van der Waals surface area (Å²) < 4.78 is 68.9. The second-order valence-corrected chi connectivity index (χ2v) is 34.7. The molecule has 3 N–H and O–H groups in total. The summed E-state index contributed by atoms with van der Waals surface area (Å²) in [5.74, 6) is 0.258. The van der Waals surface area contributed by atoms with E-state index in [1.807, 2.05) is 0 Å².